The molecule has 2 rings (SSSR count). The Kier molecular flexibility index (Phi) is 6.47. The summed E-state index contributed by atoms with van der Waals surface area (Å²) in [5.41, 5.74) is 3.29. The molecule has 0 unspecified atom stereocenters. The lowest BCUT2D eigenvalue weighted by molar-refractivity contribution is -0.120. The summed E-state index contributed by atoms with van der Waals surface area (Å²) in [6.07, 6.45) is 2.96. The Hall–Kier alpha value is -3.42. The Balaban J connectivity index is 1.83. The number of nitrogens with one attached hydrogen (secondary N) is 2. The van der Waals surface area contributed by atoms with Gasteiger partial charge in [0, 0.05) is 6.20 Å². The molecule has 2 N–H and O–H groups in total. The minimum Gasteiger partial charge on any atom is -0.493 e. The molecule has 25 heavy (non-hydrogen) atoms. The summed E-state index contributed by atoms with van der Waals surface area (Å²) >= 11 is 0. The van der Waals surface area contributed by atoms with Gasteiger partial charge >= 0.3 is 0 Å². The molecule has 0 radical (unpaired) electrons. The van der Waals surface area contributed by atoms with Crippen molar-refractivity contribution in [3.63, 3.8) is 0 Å². The van der Waals surface area contributed by atoms with E-state index in [9.17, 15) is 9.59 Å². The summed E-state index contributed by atoms with van der Waals surface area (Å²) in [5.74, 6) is 0.266. The van der Waals surface area contributed by atoms with E-state index in [0.717, 1.165) is 5.56 Å². The fraction of sp³-hybridized carbons (Fsp3) is 0.176. The first-order chi connectivity index (χ1) is 12.1. The first-order valence-corrected chi connectivity index (χ1v) is 7.37. The monoisotopic (exact) mass is 342 g/mol. The van der Waals surface area contributed by atoms with Gasteiger partial charge in [0.05, 0.1) is 27.0 Å². The van der Waals surface area contributed by atoms with E-state index in [-0.39, 0.29) is 12.2 Å². The molecule has 0 saturated heterocycles. The molecule has 1 aromatic carbocycles. The fourth-order valence-electron chi connectivity index (χ4n) is 1.90. The van der Waals surface area contributed by atoms with Gasteiger partial charge in [-0.3, -0.25) is 14.6 Å². The van der Waals surface area contributed by atoms with Crippen LogP contribution in [-0.2, 0) is 4.79 Å². The van der Waals surface area contributed by atoms with Crippen molar-refractivity contribution < 1.29 is 19.1 Å². The van der Waals surface area contributed by atoms with Gasteiger partial charge in [-0.2, -0.15) is 5.10 Å². The Bertz CT molecular complexity index is 762. The minimum atomic E-state index is -0.457. The second-order valence-corrected chi connectivity index (χ2v) is 4.81. The number of benzene rings is 1. The predicted octanol–water partition coefficient (Wildman–Crippen LogP) is 0.979. The molecule has 2 aromatic rings. The van der Waals surface area contributed by atoms with Crippen molar-refractivity contribution in [1.82, 2.24) is 15.7 Å². The molecule has 1 aromatic heterocycles. The lowest BCUT2D eigenvalue weighted by Crippen LogP contribution is -2.35. The van der Waals surface area contributed by atoms with Crippen LogP contribution in [0.25, 0.3) is 0 Å². The van der Waals surface area contributed by atoms with Crippen LogP contribution in [0.3, 0.4) is 0 Å². The van der Waals surface area contributed by atoms with Crippen LogP contribution in [0.15, 0.2) is 47.7 Å². The number of hydrogen-bond donors (Lipinski definition) is 2. The molecule has 0 aliphatic rings. The van der Waals surface area contributed by atoms with E-state index in [4.69, 9.17) is 9.47 Å². The van der Waals surface area contributed by atoms with Crippen molar-refractivity contribution in [2.75, 3.05) is 20.8 Å². The Morgan fingerprint density at radius 1 is 1.16 bits per heavy atom. The highest BCUT2D eigenvalue weighted by atomic mass is 16.5. The molecule has 2 amide bonds. The van der Waals surface area contributed by atoms with Crippen LogP contribution in [0.2, 0.25) is 0 Å². The second-order valence-electron chi connectivity index (χ2n) is 4.81. The van der Waals surface area contributed by atoms with E-state index in [2.05, 4.69) is 20.8 Å². The highest BCUT2D eigenvalue weighted by molar-refractivity contribution is 5.94. The van der Waals surface area contributed by atoms with E-state index < -0.39 is 11.8 Å². The lowest BCUT2D eigenvalue weighted by Gasteiger charge is -2.07. The first kappa shape index (κ1) is 17.9. The molecule has 0 bridgehead atoms. The summed E-state index contributed by atoms with van der Waals surface area (Å²) < 4.78 is 10.3. The molecule has 1 heterocycles. The topological polar surface area (TPSA) is 102 Å². The molecule has 0 atom stereocenters. The lowest BCUT2D eigenvalue weighted by atomic mass is 10.2. The van der Waals surface area contributed by atoms with Gasteiger partial charge in [0.25, 0.3) is 11.8 Å². The zero-order chi connectivity index (χ0) is 18.1. The van der Waals surface area contributed by atoms with Crippen molar-refractivity contribution in [2.24, 2.45) is 5.10 Å². The van der Waals surface area contributed by atoms with Crippen molar-refractivity contribution in [3.05, 3.63) is 53.9 Å². The molecular weight excluding hydrogens is 324 g/mol. The van der Waals surface area contributed by atoms with Gasteiger partial charge in [-0.1, -0.05) is 6.07 Å². The van der Waals surface area contributed by atoms with Crippen LogP contribution in [0.1, 0.15) is 16.1 Å². The summed E-state index contributed by atoms with van der Waals surface area (Å²) in [4.78, 5) is 27.3. The zero-order valence-corrected chi connectivity index (χ0v) is 13.9. The van der Waals surface area contributed by atoms with Crippen LogP contribution < -0.4 is 20.2 Å². The van der Waals surface area contributed by atoms with E-state index >= 15 is 0 Å². The van der Waals surface area contributed by atoms with Crippen LogP contribution in [0.4, 0.5) is 0 Å². The van der Waals surface area contributed by atoms with Crippen molar-refractivity contribution in [3.8, 4) is 11.5 Å². The molecule has 0 spiro atoms. The van der Waals surface area contributed by atoms with E-state index in [1.807, 2.05) is 0 Å². The average molecular weight is 342 g/mol. The fourth-order valence-corrected chi connectivity index (χ4v) is 1.90. The Labute approximate surface area is 144 Å². The van der Waals surface area contributed by atoms with E-state index in [0.29, 0.717) is 11.5 Å². The van der Waals surface area contributed by atoms with Gasteiger partial charge in [0.15, 0.2) is 11.5 Å². The maximum absolute atomic E-state index is 11.8. The third-order valence-corrected chi connectivity index (χ3v) is 3.12. The molecule has 8 heteroatoms. The number of nitrogens with zero attached hydrogens (tertiary/aromatic N) is 2. The molecule has 0 aliphatic heterocycles. The molecule has 8 nitrogen and oxygen atoms in total. The molecular formula is C17H18N4O4. The Morgan fingerprint density at radius 2 is 1.96 bits per heavy atom. The number of amides is 2. The number of hydrazone groups is 1. The second kappa shape index (κ2) is 9.02. The van der Waals surface area contributed by atoms with Crippen molar-refractivity contribution in [2.45, 2.75) is 0 Å². The Morgan fingerprint density at radius 3 is 2.64 bits per heavy atom. The highest BCUT2D eigenvalue weighted by Gasteiger charge is 2.08. The third kappa shape index (κ3) is 5.31. The number of ether oxygens (including phenoxy) is 2. The quantitative estimate of drug-likeness (QED) is 0.577. The van der Waals surface area contributed by atoms with Gasteiger partial charge in [-0.05, 0) is 35.9 Å². The number of rotatable bonds is 7. The summed E-state index contributed by atoms with van der Waals surface area (Å²) in [6.45, 7) is -0.210. The van der Waals surface area contributed by atoms with Crippen LogP contribution >= 0.6 is 0 Å². The number of carbonyl (C=O) groups is 2. The van der Waals surface area contributed by atoms with Gasteiger partial charge < -0.3 is 14.8 Å². The van der Waals surface area contributed by atoms with Gasteiger partial charge in [-0.15, -0.1) is 0 Å². The highest BCUT2D eigenvalue weighted by Crippen LogP contribution is 2.26. The van der Waals surface area contributed by atoms with Gasteiger partial charge in [0.1, 0.15) is 5.69 Å². The summed E-state index contributed by atoms with van der Waals surface area (Å²) in [6, 6.07) is 10.2. The molecule has 0 fully saturated rings. The van der Waals surface area contributed by atoms with Crippen LogP contribution in [0, 0.1) is 0 Å². The van der Waals surface area contributed by atoms with Gasteiger partial charge in [-0.25, -0.2) is 5.43 Å². The molecule has 130 valence electrons. The molecule has 0 aliphatic carbocycles. The van der Waals surface area contributed by atoms with Crippen molar-refractivity contribution >= 4 is 18.0 Å². The predicted molar refractivity (Wildman–Crippen MR) is 91.9 cm³/mol. The summed E-state index contributed by atoms with van der Waals surface area (Å²) in [7, 11) is 3.08. The summed E-state index contributed by atoms with van der Waals surface area (Å²) in [5, 5.41) is 6.29. The van der Waals surface area contributed by atoms with Crippen LogP contribution in [-0.4, -0.2) is 43.8 Å². The minimum absolute atomic E-state index is 0.210. The third-order valence-electron chi connectivity index (χ3n) is 3.12. The van der Waals surface area contributed by atoms with Gasteiger partial charge in [0.2, 0.25) is 0 Å². The smallest absolute Gasteiger partial charge is 0.270 e. The normalized spacial score (nSPS) is 10.3. The maximum Gasteiger partial charge on any atom is 0.270 e. The van der Waals surface area contributed by atoms with Crippen LogP contribution in [0.5, 0.6) is 11.5 Å². The molecule has 0 saturated carbocycles. The average Bonchev–Trinajstić information content (AvgIpc) is 2.66. The largest absolute Gasteiger partial charge is 0.493 e. The first-order valence-electron chi connectivity index (χ1n) is 7.37. The SMILES string of the molecule is COc1ccc(/C=N/NC(=O)CNC(=O)c2ccccn2)cc1OC. The number of carbonyl (C=O) groups excluding carboxylic acids is 2. The maximum atomic E-state index is 11.8. The standard InChI is InChI=1S/C17H18N4O4/c1-24-14-7-6-12(9-15(14)25-2)10-20-21-16(22)11-19-17(23)13-5-3-4-8-18-13/h3-10H,11H2,1-2H3,(H,19,23)(H,21,22)/b20-10+. The number of hydrogen-bond acceptors (Lipinski definition) is 6. The number of pyridine rings is 1. The number of methoxy groups -OCH3 is 2. The van der Waals surface area contributed by atoms with E-state index in [1.165, 1.54) is 19.5 Å². The number of aromatic nitrogens is 1. The van der Waals surface area contributed by atoms with Crippen molar-refractivity contribution in [1.29, 1.82) is 0 Å². The zero-order valence-electron chi connectivity index (χ0n) is 13.9. The van der Waals surface area contributed by atoms with E-state index in [1.54, 1.807) is 43.5 Å².